The lowest BCUT2D eigenvalue weighted by Crippen LogP contribution is -2.45. The third kappa shape index (κ3) is 6.73. The Labute approximate surface area is 268 Å². The number of hydrogen-bond donors (Lipinski definition) is 2. The van der Waals surface area contributed by atoms with Crippen molar-refractivity contribution in [3.05, 3.63) is 89.9 Å². The first-order valence-electron chi connectivity index (χ1n) is 15.3. The van der Waals surface area contributed by atoms with E-state index in [1.807, 2.05) is 74.1 Å². The van der Waals surface area contributed by atoms with E-state index >= 15 is 0 Å². The van der Waals surface area contributed by atoms with Gasteiger partial charge in [0.15, 0.2) is 5.82 Å². The largest absolute Gasteiger partial charge is 0.437 e. The SMILES string of the molecule is CCS(=O)(=O)NC1CCN(c2ccc(NC(=O)c3ccc(C)c(Oc4nc(-c5ccncc5)nc5ccn(C)c45)c3)cc2C)CC1. The Hall–Kier alpha value is -4.81. The quantitative estimate of drug-likeness (QED) is 0.213. The lowest BCUT2D eigenvalue weighted by Gasteiger charge is -2.34. The number of aromatic nitrogens is 4. The van der Waals surface area contributed by atoms with E-state index in [1.165, 1.54) is 0 Å². The number of aryl methyl sites for hydroxylation is 3. The number of piperidine rings is 1. The van der Waals surface area contributed by atoms with E-state index in [4.69, 9.17) is 14.7 Å². The van der Waals surface area contributed by atoms with Gasteiger partial charge in [-0.05, 0) is 93.3 Å². The van der Waals surface area contributed by atoms with E-state index in [-0.39, 0.29) is 17.7 Å². The van der Waals surface area contributed by atoms with Gasteiger partial charge in [-0.25, -0.2) is 18.1 Å². The maximum absolute atomic E-state index is 13.4. The molecule has 2 aromatic carbocycles. The maximum atomic E-state index is 13.4. The van der Waals surface area contributed by atoms with Gasteiger partial charge in [0.1, 0.15) is 11.3 Å². The van der Waals surface area contributed by atoms with Crippen molar-refractivity contribution in [2.45, 2.75) is 39.7 Å². The normalized spacial score (nSPS) is 14.0. The number of hydrogen-bond acceptors (Lipinski definition) is 8. The molecule has 0 atom stereocenters. The molecule has 6 rings (SSSR count). The molecular weight excluding hydrogens is 602 g/mol. The fourth-order valence-corrected chi connectivity index (χ4v) is 6.59. The predicted molar refractivity (Wildman–Crippen MR) is 180 cm³/mol. The van der Waals surface area contributed by atoms with Gasteiger partial charge < -0.3 is 19.5 Å². The monoisotopic (exact) mass is 639 g/mol. The number of carbonyl (C=O) groups excluding carboxylic acids is 1. The van der Waals surface area contributed by atoms with Crippen LogP contribution in [0.1, 0.15) is 41.3 Å². The molecular formula is C34H37N7O4S. The van der Waals surface area contributed by atoms with Crippen molar-refractivity contribution in [2.24, 2.45) is 7.05 Å². The molecule has 0 saturated carbocycles. The zero-order chi connectivity index (χ0) is 32.4. The number of sulfonamides is 1. The van der Waals surface area contributed by atoms with E-state index < -0.39 is 10.0 Å². The van der Waals surface area contributed by atoms with Crippen molar-refractivity contribution >= 4 is 38.3 Å². The summed E-state index contributed by atoms with van der Waals surface area (Å²) in [5, 5.41) is 3.02. The zero-order valence-corrected chi connectivity index (χ0v) is 27.1. The highest BCUT2D eigenvalue weighted by atomic mass is 32.2. The average molecular weight is 640 g/mol. The number of rotatable bonds is 9. The van der Waals surface area contributed by atoms with Crippen LogP contribution in [0.15, 0.2) is 73.2 Å². The lowest BCUT2D eigenvalue weighted by atomic mass is 10.0. The fraction of sp³-hybridized carbons (Fsp3) is 0.294. The molecule has 12 heteroatoms. The highest BCUT2D eigenvalue weighted by Gasteiger charge is 2.24. The molecule has 1 fully saturated rings. The number of carbonyl (C=O) groups is 1. The van der Waals surface area contributed by atoms with Gasteiger partial charge in [-0.2, -0.15) is 4.98 Å². The van der Waals surface area contributed by atoms with Crippen molar-refractivity contribution in [1.29, 1.82) is 0 Å². The van der Waals surface area contributed by atoms with Crippen molar-refractivity contribution in [2.75, 3.05) is 29.1 Å². The number of nitrogens with zero attached hydrogens (tertiary/aromatic N) is 5. The second-order valence-electron chi connectivity index (χ2n) is 11.6. The molecule has 5 aromatic rings. The molecule has 0 unspecified atom stereocenters. The molecule has 3 aromatic heterocycles. The van der Waals surface area contributed by atoms with Gasteiger partial charge in [-0.15, -0.1) is 0 Å². The molecule has 1 amide bonds. The number of pyridine rings is 1. The van der Waals surface area contributed by atoms with E-state index in [9.17, 15) is 13.2 Å². The van der Waals surface area contributed by atoms with Crippen LogP contribution in [-0.2, 0) is 17.1 Å². The van der Waals surface area contributed by atoms with Crippen molar-refractivity contribution in [3.63, 3.8) is 0 Å². The average Bonchev–Trinajstić information content (AvgIpc) is 3.43. The summed E-state index contributed by atoms with van der Waals surface area (Å²) in [6.45, 7) is 7.09. The minimum absolute atomic E-state index is 0.0419. The summed E-state index contributed by atoms with van der Waals surface area (Å²) in [7, 11) is -1.31. The molecule has 0 aliphatic carbocycles. The molecule has 0 bridgehead atoms. The first-order valence-corrected chi connectivity index (χ1v) is 16.9. The molecule has 11 nitrogen and oxygen atoms in total. The van der Waals surface area contributed by atoms with Crippen LogP contribution in [0.2, 0.25) is 0 Å². The number of ether oxygens (including phenoxy) is 1. The van der Waals surface area contributed by atoms with Gasteiger partial charge in [0.2, 0.25) is 15.9 Å². The van der Waals surface area contributed by atoms with Crippen LogP contribution in [0.25, 0.3) is 22.4 Å². The van der Waals surface area contributed by atoms with Crippen LogP contribution in [-0.4, -0.2) is 58.7 Å². The molecule has 238 valence electrons. The molecule has 1 aliphatic heterocycles. The molecule has 0 radical (unpaired) electrons. The predicted octanol–water partition coefficient (Wildman–Crippen LogP) is 5.60. The van der Waals surface area contributed by atoms with Gasteiger partial charge in [0.25, 0.3) is 5.91 Å². The third-order valence-electron chi connectivity index (χ3n) is 8.30. The molecule has 1 aliphatic rings. The van der Waals surface area contributed by atoms with Crippen LogP contribution in [0.4, 0.5) is 11.4 Å². The Morgan fingerprint density at radius 1 is 0.978 bits per heavy atom. The first kappa shape index (κ1) is 31.2. The summed E-state index contributed by atoms with van der Waals surface area (Å²) in [6, 6.07) is 16.8. The van der Waals surface area contributed by atoms with Crippen LogP contribution in [0.3, 0.4) is 0 Å². The maximum Gasteiger partial charge on any atom is 0.255 e. The fourth-order valence-electron chi connectivity index (χ4n) is 5.68. The van der Waals surface area contributed by atoms with Crippen LogP contribution >= 0.6 is 0 Å². The number of amides is 1. The van der Waals surface area contributed by atoms with Gasteiger partial charge in [-0.3, -0.25) is 9.78 Å². The highest BCUT2D eigenvalue weighted by molar-refractivity contribution is 7.89. The molecule has 0 spiro atoms. The zero-order valence-electron chi connectivity index (χ0n) is 26.3. The third-order valence-corrected chi connectivity index (χ3v) is 9.75. The Kier molecular flexibility index (Phi) is 8.74. The second-order valence-corrected chi connectivity index (χ2v) is 13.6. The first-order chi connectivity index (χ1) is 22.1. The van der Waals surface area contributed by atoms with Gasteiger partial charge in [0, 0.05) is 67.3 Å². The van der Waals surface area contributed by atoms with Gasteiger partial charge >= 0.3 is 0 Å². The van der Waals surface area contributed by atoms with E-state index in [0.29, 0.717) is 28.7 Å². The van der Waals surface area contributed by atoms with Crippen molar-refractivity contribution in [1.82, 2.24) is 24.2 Å². The highest BCUT2D eigenvalue weighted by Crippen LogP contribution is 2.33. The van der Waals surface area contributed by atoms with E-state index in [0.717, 1.165) is 59.3 Å². The Balaban J connectivity index is 1.17. The van der Waals surface area contributed by atoms with E-state index in [1.54, 1.807) is 31.5 Å². The lowest BCUT2D eigenvalue weighted by molar-refractivity contribution is 0.102. The number of nitrogens with one attached hydrogen (secondary N) is 2. The van der Waals surface area contributed by atoms with Crippen molar-refractivity contribution < 1.29 is 17.9 Å². The molecule has 46 heavy (non-hydrogen) atoms. The summed E-state index contributed by atoms with van der Waals surface area (Å²) < 4.78 is 35.0. The molecule has 2 N–H and O–H groups in total. The van der Waals surface area contributed by atoms with Gasteiger partial charge in [-0.1, -0.05) is 6.07 Å². The minimum atomic E-state index is -3.22. The second kappa shape index (κ2) is 12.9. The summed E-state index contributed by atoms with van der Waals surface area (Å²) in [6.07, 6.45) is 6.78. The van der Waals surface area contributed by atoms with Crippen LogP contribution in [0.5, 0.6) is 11.6 Å². The molecule has 4 heterocycles. The summed E-state index contributed by atoms with van der Waals surface area (Å²) in [5.41, 5.74) is 6.40. The standard InChI is InChI=1S/C34H37N7O4S/c1-5-46(43,44)39-26-12-18-41(19-13-26)29-9-8-27(20-23(29)3)36-33(42)25-7-6-22(2)30(21-25)45-34-31-28(14-17-40(31)4)37-32(38-34)24-10-15-35-16-11-24/h6-11,14-17,20-21,26,39H,5,12-13,18-19H2,1-4H3,(H,36,42). The van der Waals surface area contributed by atoms with Crippen LogP contribution in [0, 0.1) is 13.8 Å². The molecule has 1 saturated heterocycles. The Morgan fingerprint density at radius 2 is 1.74 bits per heavy atom. The number of fused-ring (bicyclic) bond motifs is 1. The summed E-state index contributed by atoms with van der Waals surface area (Å²) in [5.74, 6) is 1.26. The number of anilines is 2. The van der Waals surface area contributed by atoms with Crippen molar-refractivity contribution in [3.8, 4) is 23.0 Å². The minimum Gasteiger partial charge on any atom is -0.437 e. The van der Waals surface area contributed by atoms with Gasteiger partial charge in [0.05, 0.1) is 11.3 Å². The smallest absolute Gasteiger partial charge is 0.255 e. The Bertz CT molecular complexity index is 2000. The Morgan fingerprint density at radius 3 is 2.46 bits per heavy atom. The summed E-state index contributed by atoms with van der Waals surface area (Å²) >= 11 is 0. The van der Waals surface area contributed by atoms with E-state index in [2.05, 4.69) is 19.9 Å². The number of benzene rings is 2. The topological polar surface area (TPSA) is 131 Å². The van der Waals surface area contributed by atoms with Crippen LogP contribution < -0.4 is 19.7 Å². The summed E-state index contributed by atoms with van der Waals surface area (Å²) in [4.78, 5) is 29.2.